The average molecular weight is 178 g/mol. The smallest absolute Gasteiger partial charge is 0.265 e. The van der Waals surface area contributed by atoms with Gasteiger partial charge in [-0.25, -0.2) is 0 Å². The first-order valence-corrected chi connectivity index (χ1v) is 5.27. The van der Waals surface area contributed by atoms with Gasteiger partial charge < -0.3 is 0 Å². The van der Waals surface area contributed by atoms with Crippen molar-refractivity contribution >= 4 is 10.1 Å². The van der Waals surface area contributed by atoms with Gasteiger partial charge in [-0.15, -0.1) is 0 Å². The Morgan fingerprint density at radius 2 is 1.82 bits per heavy atom. The van der Waals surface area contributed by atoms with Crippen LogP contribution in [0.4, 0.5) is 0 Å². The lowest BCUT2D eigenvalue weighted by molar-refractivity contribution is 0.483. The van der Waals surface area contributed by atoms with Crippen LogP contribution in [0.25, 0.3) is 0 Å². The van der Waals surface area contributed by atoms with Crippen LogP contribution in [0.15, 0.2) is 12.2 Å². The molecule has 0 atom stereocenters. The molecule has 0 fully saturated rings. The van der Waals surface area contributed by atoms with Crippen molar-refractivity contribution in [1.29, 1.82) is 0 Å². The van der Waals surface area contributed by atoms with Gasteiger partial charge in [0.15, 0.2) is 0 Å². The third-order valence-corrected chi connectivity index (χ3v) is 1.92. The van der Waals surface area contributed by atoms with Crippen LogP contribution in [-0.2, 0) is 10.1 Å². The number of hydrogen-bond acceptors (Lipinski definition) is 2. The van der Waals surface area contributed by atoms with E-state index >= 15 is 0 Å². The molecule has 0 aliphatic heterocycles. The largest absolute Gasteiger partial charge is 0.286 e. The van der Waals surface area contributed by atoms with Gasteiger partial charge in [0, 0.05) is 0 Å². The van der Waals surface area contributed by atoms with Gasteiger partial charge in [0.2, 0.25) is 0 Å². The van der Waals surface area contributed by atoms with E-state index in [1.807, 2.05) is 13.0 Å². The molecule has 0 heterocycles. The molecule has 0 amide bonds. The first-order chi connectivity index (χ1) is 5.06. The molecule has 0 saturated heterocycles. The van der Waals surface area contributed by atoms with E-state index in [1.54, 1.807) is 6.08 Å². The van der Waals surface area contributed by atoms with E-state index in [9.17, 15) is 8.42 Å². The first kappa shape index (κ1) is 10.7. The lowest BCUT2D eigenvalue weighted by Gasteiger charge is -1.90. The zero-order valence-corrected chi connectivity index (χ0v) is 7.47. The molecule has 4 heteroatoms. The number of rotatable bonds is 5. The average Bonchev–Trinajstić information content (AvgIpc) is 1.85. The van der Waals surface area contributed by atoms with Crippen molar-refractivity contribution in [3.8, 4) is 0 Å². The highest BCUT2D eigenvalue weighted by molar-refractivity contribution is 7.85. The van der Waals surface area contributed by atoms with Gasteiger partial charge in [0.05, 0.1) is 5.75 Å². The maximum atomic E-state index is 10.2. The second-order valence-electron chi connectivity index (χ2n) is 2.33. The summed E-state index contributed by atoms with van der Waals surface area (Å²) in [6.07, 6.45) is 6.12. The fourth-order valence-electron chi connectivity index (χ4n) is 0.619. The molecular weight excluding hydrogens is 164 g/mol. The van der Waals surface area contributed by atoms with Crippen molar-refractivity contribution in [2.24, 2.45) is 0 Å². The van der Waals surface area contributed by atoms with E-state index < -0.39 is 10.1 Å². The standard InChI is InChI=1S/C7H14O3S/c1-2-3-4-5-6-7-11(8,9)10/h4-5H,2-3,6-7H2,1H3,(H,8,9,10)/b5-4+. The summed E-state index contributed by atoms with van der Waals surface area (Å²) in [5.74, 6) is -0.173. The molecular formula is C7H14O3S. The zero-order chi connectivity index (χ0) is 8.74. The van der Waals surface area contributed by atoms with E-state index in [0.29, 0.717) is 6.42 Å². The van der Waals surface area contributed by atoms with Crippen molar-refractivity contribution in [2.75, 3.05) is 5.75 Å². The van der Waals surface area contributed by atoms with Crippen molar-refractivity contribution in [3.63, 3.8) is 0 Å². The summed E-state index contributed by atoms with van der Waals surface area (Å²) in [6, 6.07) is 0. The van der Waals surface area contributed by atoms with Crippen molar-refractivity contribution in [3.05, 3.63) is 12.2 Å². The van der Waals surface area contributed by atoms with Gasteiger partial charge in [-0.2, -0.15) is 8.42 Å². The highest BCUT2D eigenvalue weighted by Gasteiger charge is 1.99. The van der Waals surface area contributed by atoms with Crippen LogP contribution in [0.3, 0.4) is 0 Å². The van der Waals surface area contributed by atoms with Gasteiger partial charge in [-0.1, -0.05) is 25.5 Å². The van der Waals surface area contributed by atoms with E-state index in [1.165, 1.54) is 0 Å². The summed E-state index contributed by atoms with van der Waals surface area (Å²) in [4.78, 5) is 0. The molecule has 66 valence electrons. The maximum Gasteiger partial charge on any atom is 0.265 e. The Kier molecular flexibility index (Phi) is 5.15. The topological polar surface area (TPSA) is 54.4 Å². The minimum atomic E-state index is -3.76. The minimum Gasteiger partial charge on any atom is -0.286 e. The predicted octanol–water partition coefficient (Wildman–Crippen LogP) is 1.62. The van der Waals surface area contributed by atoms with E-state index in [4.69, 9.17) is 4.55 Å². The Morgan fingerprint density at radius 1 is 1.27 bits per heavy atom. The van der Waals surface area contributed by atoms with Gasteiger partial charge >= 0.3 is 0 Å². The summed E-state index contributed by atoms with van der Waals surface area (Å²) in [7, 11) is -3.76. The summed E-state index contributed by atoms with van der Waals surface area (Å²) < 4.78 is 28.7. The summed E-state index contributed by atoms with van der Waals surface area (Å²) in [6.45, 7) is 2.05. The van der Waals surface area contributed by atoms with Crippen LogP contribution in [0, 0.1) is 0 Å². The van der Waals surface area contributed by atoms with Crippen molar-refractivity contribution < 1.29 is 13.0 Å². The molecule has 0 unspecified atom stereocenters. The Balaban J connectivity index is 3.42. The third-order valence-electron chi connectivity index (χ3n) is 1.16. The van der Waals surface area contributed by atoms with E-state index in [0.717, 1.165) is 12.8 Å². The minimum absolute atomic E-state index is 0.173. The SMILES string of the molecule is CCC/C=C/CCS(=O)(=O)O. The fourth-order valence-corrected chi connectivity index (χ4v) is 1.05. The first-order valence-electron chi connectivity index (χ1n) is 3.66. The van der Waals surface area contributed by atoms with E-state index in [2.05, 4.69) is 0 Å². The molecule has 0 rings (SSSR count). The lowest BCUT2D eigenvalue weighted by Crippen LogP contribution is -2.01. The van der Waals surface area contributed by atoms with Crippen LogP contribution >= 0.6 is 0 Å². The third kappa shape index (κ3) is 9.65. The Labute approximate surface area is 67.9 Å². The van der Waals surface area contributed by atoms with Crippen LogP contribution in [0.1, 0.15) is 26.2 Å². The van der Waals surface area contributed by atoms with Crippen LogP contribution < -0.4 is 0 Å². The Morgan fingerprint density at radius 3 is 2.27 bits per heavy atom. The highest BCUT2D eigenvalue weighted by atomic mass is 32.2. The molecule has 0 saturated carbocycles. The summed E-state index contributed by atoms with van der Waals surface area (Å²) in [5, 5.41) is 0. The fraction of sp³-hybridized carbons (Fsp3) is 0.714. The molecule has 11 heavy (non-hydrogen) atoms. The molecule has 0 aliphatic rings. The van der Waals surface area contributed by atoms with Gasteiger partial charge in [0.25, 0.3) is 10.1 Å². The zero-order valence-electron chi connectivity index (χ0n) is 6.66. The van der Waals surface area contributed by atoms with Crippen LogP contribution in [0.5, 0.6) is 0 Å². The molecule has 0 aromatic heterocycles. The molecule has 0 aromatic rings. The number of allylic oxidation sites excluding steroid dienone is 2. The molecule has 3 nitrogen and oxygen atoms in total. The normalized spacial score (nSPS) is 12.5. The predicted molar refractivity (Wildman–Crippen MR) is 45.1 cm³/mol. The maximum absolute atomic E-state index is 10.2. The summed E-state index contributed by atoms with van der Waals surface area (Å²) in [5.41, 5.74) is 0. The van der Waals surface area contributed by atoms with Gasteiger partial charge in [0.1, 0.15) is 0 Å². The van der Waals surface area contributed by atoms with Gasteiger partial charge in [-0.05, 0) is 12.8 Å². The highest BCUT2D eigenvalue weighted by Crippen LogP contribution is 1.93. The molecule has 0 radical (unpaired) electrons. The van der Waals surface area contributed by atoms with Gasteiger partial charge in [-0.3, -0.25) is 4.55 Å². The van der Waals surface area contributed by atoms with Crippen LogP contribution in [0.2, 0.25) is 0 Å². The molecule has 0 aliphatic carbocycles. The lowest BCUT2D eigenvalue weighted by atomic mass is 10.3. The summed E-state index contributed by atoms with van der Waals surface area (Å²) >= 11 is 0. The molecule has 0 spiro atoms. The Hall–Kier alpha value is -0.350. The van der Waals surface area contributed by atoms with Crippen molar-refractivity contribution in [1.82, 2.24) is 0 Å². The second-order valence-corrected chi connectivity index (χ2v) is 3.91. The molecule has 0 bridgehead atoms. The van der Waals surface area contributed by atoms with Crippen molar-refractivity contribution in [2.45, 2.75) is 26.2 Å². The van der Waals surface area contributed by atoms with Crippen LogP contribution in [-0.4, -0.2) is 18.7 Å². The monoisotopic (exact) mass is 178 g/mol. The van der Waals surface area contributed by atoms with E-state index in [-0.39, 0.29) is 5.75 Å². The number of unbranched alkanes of at least 4 members (excludes halogenated alkanes) is 1. The molecule has 0 aromatic carbocycles. The second kappa shape index (κ2) is 5.32. The Bertz CT molecular complexity index is 204. The quantitative estimate of drug-likeness (QED) is 0.514. The molecule has 1 N–H and O–H groups in total. The number of hydrogen-bond donors (Lipinski definition) is 1.